The van der Waals surface area contributed by atoms with Gasteiger partial charge in [0.05, 0.1) is 10.6 Å². The Labute approximate surface area is 144 Å². The van der Waals surface area contributed by atoms with Gasteiger partial charge in [-0.1, -0.05) is 0 Å². The Balaban J connectivity index is 1.59. The van der Waals surface area contributed by atoms with Gasteiger partial charge in [0.25, 0.3) is 11.1 Å². The van der Waals surface area contributed by atoms with Crippen LogP contribution in [0.15, 0.2) is 17.2 Å². The van der Waals surface area contributed by atoms with E-state index in [0.717, 1.165) is 37.7 Å². The number of anilines is 1. The standard InChI is InChI=1S/C16H19N5O2S/c22-14-13(24-16(23)20-14)9-10-5-7-18-15(19-10)21-8-2-3-11-12(21)4-1-6-17-11/h5,7,9,11-12,17H,1-4,6,8H2,(H,20,22,23)/b13-9+. The fourth-order valence-corrected chi connectivity index (χ4v) is 4.30. The molecule has 1 aromatic heterocycles. The molecule has 2 amide bonds. The van der Waals surface area contributed by atoms with Gasteiger partial charge in [0.1, 0.15) is 0 Å². The zero-order chi connectivity index (χ0) is 16.5. The van der Waals surface area contributed by atoms with Crippen molar-refractivity contribution in [3.8, 4) is 0 Å². The zero-order valence-electron chi connectivity index (χ0n) is 13.2. The molecule has 3 fully saturated rings. The van der Waals surface area contributed by atoms with Gasteiger partial charge in [0.2, 0.25) is 5.95 Å². The number of aromatic nitrogens is 2. The highest BCUT2D eigenvalue weighted by atomic mass is 32.2. The number of thioether (sulfide) groups is 1. The predicted octanol–water partition coefficient (Wildman–Crippen LogP) is 1.52. The van der Waals surface area contributed by atoms with Gasteiger partial charge in [-0.05, 0) is 56.1 Å². The summed E-state index contributed by atoms with van der Waals surface area (Å²) in [5.41, 5.74) is 0.651. The summed E-state index contributed by atoms with van der Waals surface area (Å²) in [5, 5.41) is 5.52. The highest BCUT2D eigenvalue weighted by molar-refractivity contribution is 8.18. The van der Waals surface area contributed by atoms with Gasteiger partial charge >= 0.3 is 0 Å². The maximum Gasteiger partial charge on any atom is 0.290 e. The van der Waals surface area contributed by atoms with E-state index >= 15 is 0 Å². The molecule has 7 nitrogen and oxygen atoms in total. The molecule has 0 aliphatic carbocycles. The summed E-state index contributed by atoms with van der Waals surface area (Å²) in [7, 11) is 0. The lowest BCUT2D eigenvalue weighted by Gasteiger charge is -2.44. The summed E-state index contributed by atoms with van der Waals surface area (Å²) in [4.78, 5) is 34.7. The number of fused-ring (bicyclic) bond motifs is 1. The fourth-order valence-electron chi connectivity index (χ4n) is 3.64. The van der Waals surface area contributed by atoms with Crippen molar-refractivity contribution in [2.75, 3.05) is 18.0 Å². The molecule has 3 aliphatic rings. The molecule has 0 radical (unpaired) electrons. The van der Waals surface area contributed by atoms with Gasteiger partial charge in [0, 0.05) is 24.8 Å². The molecule has 126 valence electrons. The van der Waals surface area contributed by atoms with E-state index in [1.807, 2.05) is 0 Å². The van der Waals surface area contributed by atoms with E-state index < -0.39 is 0 Å². The number of carbonyl (C=O) groups is 2. The molecule has 0 spiro atoms. The van der Waals surface area contributed by atoms with Crippen molar-refractivity contribution in [2.45, 2.75) is 37.8 Å². The van der Waals surface area contributed by atoms with Crippen LogP contribution in [0.25, 0.3) is 6.08 Å². The number of nitrogens with zero attached hydrogens (tertiary/aromatic N) is 3. The molecule has 4 heterocycles. The molecule has 0 saturated carbocycles. The Morgan fingerprint density at radius 3 is 3.04 bits per heavy atom. The first kappa shape index (κ1) is 15.6. The zero-order valence-corrected chi connectivity index (χ0v) is 14.0. The van der Waals surface area contributed by atoms with Crippen LogP contribution >= 0.6 is 11.8 Å². The minimum absolute atomic E-state index is 0.340. The number of rotatable bonds is 2. The minimum Gasteiger partial charge on any atom is -0.336 e. The lowest BCUT2D eigenvalue weighted by Crippen LogP contribution is -2.57. The van der Waals surface area contributed by atoms with Gasteiger partial charge in [-0.3, -0.25) is 14.9 Å². The Morgan fingerprint density at radius 1 is 1.29 bits per heavy atom. The van der Waals surface area contributed by atoms with E-state index in [2.05, 4.69) is 25.5 Å². The highest BCUT2D eigenvalue weighted by Crippen LogP contribution is 2.29. The third kappa shape index (κ3) is 3.03. The summed E-state index contributed by atoms with van der Waals surface area (Å²) in [6, 6.07) is 2.70. The van der Waals surface area contributed by atoms with Crippen molar-refractivity contribution >= 4 is 34.9 Å². The molecular formula is C16H19N5O2S. The van der Waals surface area contributed by atoms with Crippen LogP contribution in [0, 0.1) is 0 Å². The van der Waals surface area contributed by atoms with Crippen LogP contribution in [0.1, 0.15) is 31.4 Å². The Kier molecular flexibility index (Phi) is 4.24. The lowest BCUT2D eigenvalue weighted by atomic mass is 9.90. The summed E-state index contributed by atoms with van der Waals surface area (Å²) in [6.45, 7) is 2.04. The molecule has 3 aliphatic heterocycles. The first-order valence-corrected chi connectivity index (χ1v) is 9.10. The molecule has 0 bridgehead atoms. The fraction of sp³-hybridized carbons (Fsp3) is 0.500. The van der Waals surface area contributed by atoms with E-state index in [9.17, 15) is 9.59 Å². The smallest absolute Gasteiger partial charge is 0.290 e. The molecule has 2 N–H and O–H groups in total. The largest absolute Gasteiger partial charge is 0.336 e. The summed E-state index contributed by atoms with van der Waals surface area (Å²) < 4.78 is 0. The van der Waals surface area contributed by atoms with Gasteiger partial charge in [-0.2, -0.15) is 0 Å². The number of nitrogens with one attached hydrogen (secondary N) is 2. The first-order valence-electron chi connectivity index (χ1n) is 8.28. The van der Waals surface area contributed by atoms with Crippen LogP contribution in [0.5, 0.6) is 0 Å². The lowest BCUT2D eigenvalue weighted by molar-refractivity contribution is -0.115. The maximum atomic E-state index is 11.7. The molecular weight excluding hydrogens is 326 g/mol. The topological polar surface area (TPSA) is 87.2 Å². The molecule has 0 aromatic carbocycles. The van der Waals surface area contributed by atoms with Gasteiger partial charge in [0.15, 0.2) is 0 Å². The first-order chi connectivity index (χ1) is 11.7. The number of carbonyl (C=O) groups excluding carboxylic acids is 2. The molecule has 2 atom stereocenters. The molecule has 4 rings (SSSR count). The third-order valence-electron chi connectivity index (χ3n) is 4.70. The second-order valence-electron chi connectivity index (χ2n) is 6.24. The van der Waals surface area contributed by atoms with Crippen molar-refractivity contribution in [1.29, 1.82) is 0 Å². The van der Waals surface area contributed by atoms with Crippen molar-refractivity contribution in [3.05, 3.63) is 22.9 Å². The van der Waals surface area contributed by atoms with Crippen molar-refractivity contribution in [1.82, 2.24) is 20.6 Å². The van der Waals surface area contributed by atoms with Crippen LogP contribution in [0.4, 0.5) is 10.7 Å². The Bertz CT molecular complexity index is 705. The Morgan fingerprint density at radius 2 is 2.21 bits per heavy atom. The molecule has 24 heavy (non-hydrogen) atoms. The van der Waals surface area contributed by atoms with Crippen LogP contribution < -0.4 is 15.5 Å². The van der Waals surface area contributed by atoms with Crippen LogP contribution in [0.2, 0.25) is 0 Å². The second-order valence-corrected chi connectivity index (χ2v) is 7.25. The quantitative estimate of drug-likeness (QED) is 0.786. The highest BCUT2D eigenvalue weighted by Gasteiger charge is 2.34. The van der Waals surface area contributed by atoms with Gasteiger partial charge < -0.3 is 10.2 Å². The Hall–Kier alpha value is -1.93. The normalized spacial score (nSPS) is 28.8. The van der Waals surface area contributed by atoms with Gasteiger partial charge in [-0.25, -0.2) is 9.97 Å². The third-order valence-corrected chi connectivity index (χ3v) is 5.52. The van der Waals surface area contributed by atoms with E-state index in [0.29, 0.717) is 28.6 Å². The number of piperidine rings is 2. The monoisotopic (exact) mass is 345 g/mol. The van der Waals surface area contributed by atoms with Crippen molar-refractivity contribution in [3.63, 3.8) is 0 Å². The van der Waals surface area contributed by atoms with Gasteiger partial charge in [-0.15, -0.1) is 0 Å². The minimum atomic E-state index is -0.361. The van der Waals surface area contributed by atoms with Crippen molar-refractivity contribution < 1.29 is 9.59 Å². The number of imide groups is 1. The summed E-state index contributed by atoms with van der Waals surface area (Å²) in [5.74, 6) is 0.345. The van der Waals surface area contributed by atoms with E-state index in [1.54, 1.807) is 18.3 Å². The summed E-state index contributed by atoms with van der Waals surface area (Å²) >= 11 is 0.906. The second kappa shape index (κ2) is 6.52. The van der Waals surface area contributed by atoms with Crippen molar-refractivity contribution in [2.24, 2.45) is 0 Å². The average Bonchev–Trinajstić information content (AvgIpc) is 2.92. The van der Waals surface area contributed by atoms with Crippen LogP contribution in [-0.4, -0.2) is 46.3 Å². The molecule has 3 saturated heterocycles. The molecule has 1 aromatic rings. The predicted molar refractivity (Wildman–Crippen MR) is 92.5 cm³/mol. The van der Waals surface area contributed by atoms with E-state index in [4.69, 9.17) is 0 Å². The summed E-state index contributed by atoms with van der Waals surface area (Å²) in [6.07, 6.45) is 8.00. The van der Waals surface area contributed by atoms with Crippen LogP contribution in [-0.2, 0) is 4.79 Å². The van der Waals surface area contributed by atoms with E-state index in [1.165, 1.54) is 12.8 Å². The maximum absolute atomic E-state index is 11.7. The molecule has 8 heteroatoms. The van der Waals surface area contributed by atoms with E-state index in [-0.39, 0.29) is 11.1 Å². The number of hydrogen-bond donors (Lipinski definition) is 2. The number of amides is 2. The SMILES string of the molecule is O=C1NC(=O)/C(=C\c2ccnc(N3CCCC4NCCCC43)n2)S1. The average molecular weight is 345 g/mol. The number of hydrogen-bond acceptors (Lipinski definition) is 7. The molecule has 2 unspecified atom stereocenters. The van der Waals surface area contributed by atoms with Crippen LogP contribution in [0.3, 0.4) is 0 Å².